The van der Waals surface area contributed by atoms with Gasteiger partial charge in [-0.2, -0.15) is 9.13 Å². The van der Waals surface area contributed by atoms with Gasteiger partial charge >= 0.3 is 5.71 Å². The SMILES string of the molecule is Cn1c2ccncc2c2c1[n+](C)c1n2Cc2cnccc2-1.[2H]C([2H])([2H])n1c2ccncc2c2c1[n+](C)c1n2Cc2cnccc2-1.c1ccc(-n2c3[n+](c4c5cnccc5oc42)Cc2cnccc2-3)cc1.c1ccc(-n2c3[n+](c4c5cnccc5sc42)Cc2cnccc2-3)cc1. The van der Waals surface area contributed by atoms with Crippen molar-refractivity contribution in [3.8, 4) is 56.9 Å². The van der Waals surface area contributed by atoms with E-state index in [4.69, 9.17) is 8.53 Å². The molecule has 92 heavy (non-hydrogen) atoms. The van der Waals surface area contributed by atoms with Crippen LogP contribution in [0.15, 0.2) is 213 Å². The first kappa shape index (κ1) is 49.0. The molecule has 20 heterocycles. The lowest BCUT2D eigenvalue weighted by Crippen LogP contribution is -2.31. The Hall–Kier alpha value is -11.9. The van der Waals surface area contributed by atoms with Crippen molar-refractivity contribution in [3.63, 3.8) is 0 Å². The lowest BCUT2D eigenvalue weighted by Gasteiger charge is -2.00. The monoisotopic (exact) mass is 1220 g/mol. The second kappa shape index (κ2) is 19.8. The summed E-state index contributed by atoms with van der Waals surface area (Å²) in [5, 5.41) is 4.32. The van der Waals surface area contributed by atoms with Crippen LogP contribution in [0.2, 0.25) is 0 Å². The first-order chi connectivity index (χ1) is 46.6. The molecule has 0 bridgehead atoms. The van der Waals surface area contributed by atoms with Crippen LogP contribution in [0, 0.1) is 0 Å². The maximum Gasteiger partial charge on any atom is 0.344 e. The molecule has 16 aromatic heterocycles. The van der Waals surface area contributed by atoms with Crippen LogP contribution >= 0.6 is 11.3 Å². The average Bonchev–Trinajstić information content (AvgIpc) is 1.57. The Morgan fingerprint density at radius 2 is 0.891 bits per heavy atom. The highest BCUT2D eigenvalue weighted by molar-refractivity contribution is 7.25. The number of para-hydroxylation sites is 2. The van der Waals surface area contributed by atoms with Crippen molar-refractivity contribution in [1.29, 1.82) is 0 Å². The van der Waals surface area contributed by atoms with E-state index in [1.165, 1.54) is 97.8 Å². The van der Waals surface area contributed by atoms with E-state index in [0.29, 0.717) is 17.7 Å². The van der Waals surface area contributed by atoms with Crippen molar-refractivity contribution in [3.05, 3.63) is 231 Å². The minimum Gasteiger partial charge on any atom is -0.419 e. The first-order valence-electron chi connectivity index (χ1n) is 31.7. The summed E-state index contributed by atoms with van der Waals surface area (Å²) in [5.41, 5.74) is 22.1. The van der Waals surface area contributed by atoms with Gasteiger partial charge in [-0.1, -0.05) is 47.7 Å². The third-order valence-electron chi connectivity index (χ3n) is 18.7. The number of hydrogen-bond acceptors (Lipinski definition) is 10. The maximum atomic E-state index is 7.99. The van der Waals surface area contributed by atoms with Crippen molar-refractivity contribution in [2.24, 2.45) is 28.1 Å². The van der Waals surface area contributed by atoms with Crippen LogP contribution in [0.5, 0.6) is 0 Å². The Morgan fingerprint density at radius 3 is 1.47 bits per heavy atom. The van der Waals surface area contributed by atoms with E-state index >= 15 is 0 Å². The zero-order chi connectivity index (χ0) is 63.5. The number of furan rings is 1. The third kappa shape index (κ3) is 7.30. The second-order valence-electron chi connectivity index (χ2n) is 23.5. The van der Waals surface area contributed by atoms with E-state index in [9.17, 15) is 0 Å². The maximum absolute atomic E-state index is 7.99. The van der Waals surface area contributed by atoms with Crippen LogP contribution in [-0.2, 0) is 54.3 Å². The number of thiophene rings is 1. The van der Waals surface area contributed by atoms with E-state index in [0.717, 1.165) is 81.2 Å². The summed E-state index contributed by atoms with van der Waals surface area (Å²) < 4.78 is 53.3. The summed E-state index contributed by atoms with van der Waals surface area (Å²) in [6, 6.07) is 37.0. The molecule has 0 aliphatic carbocycles. The largest absolute Gasteiger partial charge is 0.419 e. The summed E-state index contributed by atoms with van der Waals surface area (Å²) in [5.74, 6) is 4.61. The van der Waals surface area contributed by atoms with Crippen molar-refractivity contribution in [1.82, 2.24) is 67.3 Å². The van der Waals surface area contributed by atoms with Crippen LogP contribution in [-0.4, -0.2) is 67.3 Å². The smallest absolute Gasteiger partial charge is 0.344 e. The molecular formula is C72H54N18OS+4. The van der Waals surface area contributed by atoms with Gasteiger partial charge in [0.1, 0.15) is 41.1 Å². The van der Waals surface area contributed by atoms with Crippen molar-refractivity contribution in [2.75, 3.05) is 0 Å². The predicted molar refractivity (Wildman–Crippen MR) is 352 cm³/mol. The fourth-order valence-electron chi connectivity index (χ4n) is 14.9. The Balaban J connectivity index is 0.0000000898. The molecule has 0 N–H and O–H groups in total. The van der Waals surface area contributed by atoms with E-state index < -0.39 is 6.98 Å². The lowest BCUT2D eigenvalue weighted by molar-refractivity contribution is -0.645. The number of rotatable bonds is 2. The number of benzene rings is 2. The molecule has 20 heteroatoms. The highest BCUT2D eigenvalue weighted by atomic mass is 32.1. The van der Waals surface area contributed by atoms with Gasteiger partial charge in [0.2, 0.25) is 22.0 Å². The Bertz CT molecular complexity index is 6020. The van der Waals surface area contributed by atoms with Crippen LogP contribution in [0.4, 0.5) is 0 Å². The standard InChI is InChI=1S/C20H13N4O.C20H13N4S.2C16H14N5/c2*1-2-4-14(5-3-1)24-19-15-6-8-21-10-13(15)12-23(19)18-16-11-22-9-7-17(16)25-20(18)24;2*1-19-13-4-6-18-8-12(13)14-16(19)20(2)15-11-3-5-17-7-10(11)9-21(14)15/h2*1-11H,12H2;2*3-8H,9H2,1-2H3/q4*+1/i;;1D3;. The number of aromatic nitrogens is 18. The van der Waals surface area contributed by atoms with Crippen LogP contribution in [0.3, 0.4) is 0 Å². The summed E-state index contributed by atoms with van der Waals surface area (Å²) in [6.45, 7) is 0.950. The Kier molecular flexibility index (Phi) is 10.6. The van der Waals surface area contributed by atoms with Gasteiger partial charge in [0.05, 0.1) is 89.1 Å². The zero-order valence-electron chi connectivity index (χ0n) is 52.8. The lowest BCUT2D eigenvalue weighted by atomic mass is 10.1. The molecule has 0 atom stereocenters. The predicted octanol–water partition coefficient (Wildman–Crippen LogP) is 11.0. The highest BCUT2D eigenvalue weighted by Gasteiger charge is 2.41. The summed E-state index contributed by atoms with van der Waals surface area (Å²) in [7, 11) is 6.17. The van der Waals surface area contributed by atoms with E-state index in [-0.39, 0.29) is 0 Å². The molecule has 18 aromatic rings. The molecule has 0 saturated heterocycles. The number of aryl methyl sites for hydroxylation is 4. The van der Waals surface area contributed by atoms with Crippen LogP contribution in [0.25, 0.3) is 144 Å². The number of imidazole rings is 4. The Morgan fingerprint density at radius 1 is 0.446 bits per heavy atom. The normalized spacial score (nSPS) is 13.4. The first-order valence-corrected chi connectivity index (χ1v) is 31.0. The van der Waals surface area contributed by atoms with Crippen LogP contribution < -0.4 is 18.3 Å². The number of nitrogens with zero attached hydrogens (tertiary/aromatic N) is 18. The molecule has 0 unspecified atom stereocenters. The second-order valence-corrected chi connectivity index (χ2v) is 24.5. The minimum absolute atomic E-state index is 0.676. The van der Waals surface area contributed by atoms with Gasteiger partial charge in [-0.05, 0) is 66.7 Å². The molecular weight excluding hydrogens is 1160 g/mol. The van der Waals surface area contributed by atoms with Gasteiger partial charge < -0.3 is 4.42 Å². The van der Waals surface area contributed by atoms with Crippen molar-refractivity contribution < 1.29 is 26.8 Å². The number of fused-ring (bicyclic) bond motifs is 28. The summed E-state index contributed by atoms with van der Waals surface area (Å²) in [6.07, 6.45) is 29.8. The molecule has 4 aliphatic rings. The molecule has 0 spiro atoms. The zero-order valence-corrected chi connectivity index (χ0v) is 50.6. The molecule has 4 aliphatic heterocycles. The molecule has 0 saturated carbocycles. The fourth-order valence-corrected chi connectivity index (χ4v) is 16.1. The quantitative estimate of drug-likeness (QED) is 0.153. The number of hydrogen-bond donors (Lipinski definition) is 0. The van der Waals surface area contributed by atoms with Gasteiger partial charge in [0.15, 0.2) is 16.6 Å². The molecule has 440 valence electrons. The van der Waals surface area contributed by atoms with Crippen LogP contribution in [0.1, 0.15) is 26.4 Å². The molecule has 2 aromatic carbocycles. The van der Waals surface area contributed by atoms with Gasteiger partial charge in [0, 0.05) is 132 Å². The summed E-state index contributed by atoms with van der Waals surface area (Å²) >= 11 is 1.83. The molecule has 22 rings (SSSR count). The molecule has 0 amide bonds. The van der Waals surface area contributed by atoms with E-state index in [2.05, 4.69) is 163 Å². The molecule has 19 nitrogen and oxygen atoms in total. The molecule has 0 radical (unpaired) electrons. The topological polar surface area (TPSA) is 161 Å². The fraction of sp³-hybridized carbons (Fsp3) is 0.111. The van der Waals surface area contributed by atoms with Gasteiger partial charge in [-0.25, -0.2) is 27.4 Å². The summed E-state index contributed by atoms with van der Waals surface area (Å²) in [4.78, 5) is 35.5. The Labute approximate surface area is 531 Å². The third-order valence-corrected chi connectivity index (χ3v) is 19.8. The van der Waals surface area contributed by atoms with Gasteiger partial charge in [-0.3, -0.25) is 49.0 Å². The van der Waals surface area contributed by atoms with Gasteiger partial charge in [-0.15, -0.1) is 0 Å². The minimum atomic E-state index is -2.26. The van der Waals surface area contributed by atoms with Crippen molar-refractivity contribution in [2.45, 2.75) is 26.2 Å². The van der Waals surface area contributed by atoms with Gasteiger partial charge in [0.25, 0.3) is 22.9 Å². The highest BCUT2D eigenvalue weighted by Crippen LogP contribution is 2.43. The molecule has 0 fully saturated rings. The van der Waals surface area contributed by atoms with E-state index in [1.54, 1.807) is 30.9 Å². The number of pyridine rings is 8. The van der Waals surface area contributed by atoms with Crippen molar-refractivity contribution >= 4 is 98.1 Å². The average molecular weight is 1220 g/mol. The van der Waals surface area contributed by atoms with E-state index in [1.807, 2.05) is 128 Å².